The van der Waals surface area contributed by atoms with E-state index in [2.05, 4.69) is 5.32 Å². The first kappa shape index (κ1) is 17.8. The summed E-state index contributed by atoms with van der Waals surface area (Å²) >= 11 is 0. The van der Waals surface area contributed by atoms with Gasteiger partial charge in [0.15, 0.2) is 0 Å². The largest absolute Gasteiger partial charge is 0.497 e. The lowest BCUT2D eigenvalue weighted by molar-refractivity contribution is -0.148. The molecule has 6 nitrogen and oxygen atoms in total. The quantitative estimate of drug-likeness (QED) is 0.782. The van der Waals surface area contributed by atoms with Gasteiger partial charge in [0, 0.05) is 17.7 Å². The number of aliphatic carboxylic acids is 1. The smallest absolute Gasteiger partial charge is 0.329 e. The van der Waals surface area contributed by atoms with Gasteiger partial charge in [0.25, 0.3) is 0 Å². The normalized spacial score (nSPS) is 16.6. The van der Waals surface area contributed by atoms with E-state index in [1.165, 1.54) is 13.2 Å². The Balaban J connectivity index is 2.11. The summed E-state index contributed by atoms with van der Waals surface area (Å²) < 4.78 is 10.4. The van der Waals surface area contributed by atoms with Crippen molar-refractivity contribution in [1.29, 1.82) is 0 Å². The number of methoxy groups -OCH3 is 2. The maximum absolute atomic E-state index is 12.2. The van der Waals surface area contributed by atoms with Crippen LogP contribution in [0.25, 0.3) is 6.08 Å². The van der Waals surface area contributed by atoms with Crippen molar-refractivity contribution in [1.82, 2.24) is 5.32 Å². The summed E-state index contributed by atoms with van der Waals surface area (Å²) in [6, 6.07) is 5.26. The second-order valence-electron chi connectivity index (χ2n) is 5.88. The lowest BCUT2D eigenvalue weighted by atomic mass is 9.81. The van der Waals surface area contributed by atoms with Crippen LogP contribution in [0, 0.1) is 0 Å². The lowest BCUT2D eigenvalue weighted by Gasteiger charge is -2.33. The Hall–Kier alpha value is -2.50. The number of carboxylic acid groups (broad SMARTS) is 1. The molecule has 0 spiro atoms. The molecule has 1 aromatic carbocycles. The first-order valence-electron chi connectivity index (χ1n) is 7.96. The van der Waals surface area contributed by atoms with Gasteiger partial charge in [-0.05, 0) is 31.1 Å². The Morgan fingerprint density at radius 3 is 2.46 bits per heavy atom. The molecule has 0 radical (unpaired) electrons. The van der Waals surface area contributed by atoms with E-state index in [9.17, 15) is 14.7 Å². The number of rotatable bonds is 6. The van der Waals surface area contributed by atoms with E-state index in [1.54, 1.807) is 31.4 Å². The number of carbonyl (C=O) groups excluding carboxylic acids is 1. The molecular formula is C18H23NO5. The molecule has 1 fully saturated rings. The van der Waals surface area contributed by atoms with Crippen LogP contribution in [0.3, 0.4) is 0 Å². The standard InChI is InChI=1S/C18H23NO5/c1-23-14-8-6-13(15(12-14)24-2)7-9-16(20)19-18(17(21)22)10-4-3-5-11-18/h6-9,12H,3-5,10-11H2,1-2H3,(H,19,20)(H,21,22)/b9-7+. The number of ether oxygens (including phenoxy) is 2. The van der Waals surface area contributed by atoms with Crippen molar-refractivity contribution in [3.8, 4) is 11.5 Å². The van der Waals surface area contributed by atoms with Crippen molar-refractivity contribution in [2.45, 2.75) is 37.6 Å². The Morgan fingerprint density at radius 1 is 1.17 bits per heavy atom. The highest BCUT2D eigenvalue weighted by molar-refractivity contribution is 5.96. The molecule has 1 aliphatic rings. The van der Waals surface area contributed by atoms with Crippen molar-refractivity contribution in [3.63, 3.8) is 0 Å². The summed E-state index contributed by atoms with van der Waals surface area (Å²) in [5.74, 6) is -0.160. The number of amides is 1. The van der Waals surface area contributed by atoms with Gasteiger partial charge in [-0.1, -0.05) is 19.3 Å². The summed E-state index contributed by atoms with van der Waals surface area (Å²) in [6.45, 7) is 0. The molecule has 0 saturated heterocycles. The number of hydrogen-bond donors (Lipinski definition) is 2. The minimum Gasteiger partial charge on any atom is -0.497 e. The summed E-state index contributed by atoms with van der Waals surface area (Å²) in [5.41, 5.74) is -0.439. The summed E-state index contributed by atoms with van der Waals surface area (Å²) in [7, 11) is 3.10. The van der Waals surface area contributed by atoms with E-state index in [1.807, 2.05) is 0 Å². The van der Waals surface area contributed by atoms with Gasteiger partial charge in [-0.3, -0.25) is 4.79 Å². The van der Waals surface area contributed by atoms with Crippen molar-refractivity contribution in [2.24, 2.45) is 0 Å². The average molecular weight is 333 g/mol. The fourth-order valence-corrected chi connectivity index (χ4v) is 2.95. The van der Waals surface area contributed by atoms with Crippen LogP contribution in [-0.4, -0.2) is 36.7 Å². The van der Waals surface area contributed by atoms with Gasteiger partial charge in [-0.15, -0.1) is 0 Å². The maximum Gasteiger partial charge on any atom is 0.329 e. The number of carbonyl (C=O) groups is 2. The lowest BCUT2D eigenvalue weighted by Crippen LogP contribution is -2.55. The predicted octanol–water partition coefficient (Wildman–Crippen LogP) is 2.62. The first-order valence-corrected chi connectivity index (χ1v) is 7.96. The van der Waals surface area contributed by atoms with Gasteiger partial charge in [0.1, 0.15) is 17.0 Å². The molecule has 2 N–H and O–H groups in total. The van der Waals surface area contributed by atoms with Crippen LogP contribution in [0.15, 0.2) is 24.3 Å². The maximum atomic E-state index is 12.2. The zero-order valence-electron chi connectivity index (χ0n) is 14.0. The molecule has 0 unspecified atom stereocenters. The fraction of sp³-hybridized carbons (Fsp3) is 0.444. The average Bonchev–Trinajstić information content (AvgIpc) is 2.60. The zero-order chi connectivity index (χ0) is 17.6. The number of benzene rings is 1. The van der Waals surface area contributed by atoms with Crippen LogP contribution in [-0.2, 0) is 9.59 Å². The Kier molecular flexibility index (Phi) is 5.84. The van der Waals surface area contributed by atoms with Crippen LogP contribution < -0.4 is 14.8 Å². The van der Waals surface area contributed by atoms with E-state index in [0.29, 0.717) is 29.9 Å². The van der Waals surface area contributed by atoms with Crippen LogP contribution in [0.5, 0.6) is 11.5 Å². The van der Waals surface area contributed by atoms with E-state index in [4.69, 9.17) is 9.47 Å². The topological polar surface area (TPSA) is 84.9 Å². The van der Waals surface area contributed by atoms with Gasteiger partial charge < -0.3 is 19.9 Å². The molecule has 2 rings (SSSR count). The predicted molar refractivity (Wildman–Crippen MR) is 90.2 cm³/mol. The number of hydrogen-bond acceptors (Lipinski definition) is 4. The van der Waals surface area contributed by atoms with Gasteiger partial charge in [0.2, 0.25) is 5.91 Å². The van der Waals surface area contributed by atoms with E-state index < -0.39 is 17.4 Å². The summed E-state index contributed by atoms with van der Waals surface area (Å²) in [6.07, 6.45) is 6.49. The SMILES string of the molecule is COc1ccc(/C=C/C(=O)NC2(C(=O)O)CCCCC2)c(OC)c1. The van der Waals surface area contributed by atoms with Crippen molar-refractivity contribution in [3.05, 3.63) is 29.8 Å². The molecular weight excluding hydrogens is 310 g/mol. The molecule has 0 heterocycles. The molecule has 1 saturated carbocycles. The molecule has 0 atom stereocenters. The highest BCUT2D eigenvalue weighted by Crippen LogP contribution is 2.29. The Bertz CT molecular complexity index is 632. The summed E-state index contributed by atoms with van der Waals surface area (Å²) in [5, 5.41) is 12.2. The van der Waals surface area contributed by atoms with Crippen molar-refractivity contribution < 1.29 is 24.2 Å². The zero-order valence-corrected chi connectivity index (χ0v) is 14.0. The first-order chi connectivity index (χ1) is 11.5. The van der Waals surface area contributed by atoms with E-state index in [-0.39, 0.29) is 0 Å². The second-order valence-corrected chi connectivity index (χ2v) is 5.88. The van der Waals surface area contributed by atoms with Crippen molar-refractivity contribution >= 4 is 18.0 Å². The van der Waals surface area contributed by atoms with Crippen LogP contribution in [0.1, 0.15) is 37.7 Å². The monoisotopic (exact) mass is 333 g/mol. The van der Waals surface area contributed by atoms with Gasteiger partial charge in [0.05, 0.1) is 14.2 Å². The number of nitrogens with one attached hydrogen (secondary N) is 1. The third-order valence-corrected chi connectivity index (χ3v) is 4.33. The molecule has 0 aromatic heterocycles. The molecule has 1 aliphatic carbocycles. The third-order valence-electron chi connectivity index (χ3n) is 4.33. The number of carboxylic acids is 1. The Labute approximate surface area is 141 Å². The van der Waals surface area contributed by atoms with Gasteiger partial charge >= 0.3 is 5.97 Å². The highest BCUT2D eigenvalue weighted by Gasteiger charge is 2.40. The van der Waals surface area contributed by atoms with Gasteiger partial charge in [-0.25, -0.2) is 4.79 Å². The van der Waals surface area contributed by atoms with Crippen LogP contribution in [0.2, 0.25) is 0 Å². The minimum absolute atomic E-state index is 0.419. The molecule has 6 heteroatoms. The van der Waals surface area contributed by atoms with Gasteiger partial charge in [-0.2, -0.15) is 0 Å². The molecule has 24 heavy (non-hydrogen) atoms. The van der Waals surface area contributed by atoms with Crippen LogP contribution in [0.4, 0.5) is 0 Å². The third kappa shape index (κ3) is 4.07. The van der Waals surface area contributed by atoms with Crippen molar-refractivity contribution in [2.75, 3.05) is 14.2 Å². The van der Waals surface area contributed by atoms with E-state index >= 15 is 0 Å². The summed E-state index contributed by atoms with van der Waals surface area (Å²) in [4.78, 5) is 23.8. The Morgan fingerprint density at radius 2 is 1.88 bits per heavy atom. The van der Waals surface area contributed by atoms with E-state index in [0.717, 1.165) is 19.3 Å². The molecule has 0 aliphatic heterocycles. The highest BCUT2D eigenvalue weighted by atomic mass is 16.5. The molecule has 0 bridgehead atoms. The molecule has 1 aromatic rings. The molecule has 1 amide bonds. The minimum atomic E-state index is -1.15. The fourth-order valence-electron chi connectivity index (χ4n) is 2.95. The molecule has 130 valence electrons. The van der Waals surface area contributed by atoms with Crippen LogP contribution >= 0.6 is 0 Å². The second kappa shape index (κ2) is 7.86.